The van der Waals surface area contributed by atoms with Gasteiger partial charge in [-0.3, -0.25) is 4.90 Å². The van der Waals surface area contributed by atoms with Gasteiger partial charge >= 0.3 is 0 Å². The molecule has 0 spiro atoms. The van der Waals surface area contributed by atoms with E-state index >= 15 is 0 Å². The number of aliphatic hydroxyl groups excluding tert-OH is 1. The zero-order valence-corrected chi connectivity index (χ0v) is 9.38. The SMILES string of the molecule is CC[C@H](CO)N1CC(C(C)(C)C)C1. The van der Waals surface area contributed by atoms with Gasteiger partial charge < -0.3 is 5.11 Å². The third-order valence-electron chi connectivity index (χ3n) is 3.33. The maximum absolute atomic E-state index is 9.11. The Bertz CT molecular complexity index is 152. The van der Waals surface area contributed by atoms with Gasteiger partial charge in [0.15, 0.2) is 0 Å². The Kier molecular flexibility index (Phi) is 3.36. The molecule has 0 radical (unpaired) electrons. The Morgan fingerprint density at radius 2 is 1.92 bits per heavy atom. The first-order valence-corrected chi connectivity index (χ1v) is 5.34. The highest BCUT2D eigenvalue weighted by atomic mass is 16.3. The first-order valence-electron chi connectivity index (χ1n) is 5.34. The molecule has 1 aliphatic rings. The van der Waals surface area contributed by atoms with Crippen molar-refractivity contribution in [2.24, 2.45) is 11.3 Å². The smallest absolute Gasteiger partial charge is 0.0586 e. The van der Waals surface area contributed by atoms with Gasteiger partial charge in [0.05, 0.1) is 6.61 Å². The highest BCUT2D eigenvalue weighted by Gasteiger charge is 2.37. The second-order valence-corrected chi connectivity index (χ2v) is 5.26. The van der Waals surface area contributed by atoms with E-state index < -0.39 is 0 Å². The van der Waals surface area contributed by atoms with Crippen LogP contribution in [0.4, 0.5) is 0 Å². The zero-order valence-electron chi connectivity index (χ0n) is 9.38. The normalized spacial score (nSPS) is 22.8. The fourth-order valence-electron chi connectivity index (χ4n) is 1.86. The van der Waals surface area contributed by atoms with E-state index in [0.717, 1.165) is 12.3 Å². The van der Waals surface area contributed by atoms with Gasteiger partial charge in [0.1, 0.15) is 0 Å². The molecule has 1 fully saturated rings. The number of likely N-dealkylation sites (tertiary alicyclic amines) is 1. The summed E-state index contributed by atoms with van der Waals surface area (Å²) < 4.78 is 0. The topological polar surface area (TPSA) is 23.5 Å². The lowest BCUT2D eigenvalue weighted by Gasteiger charge is -2.49. The molecule has 1 heterocycles. The maximum atomic E-state index is 9.11. The lowest BCUT2D eigenvalue weighted by atomic mass is 9.75. The van der Waals surface area contributed by atoms with E-state index in [9.17, 15) is 0 Å². The molecular formula is C11H23NO. The summed E-state index contributed by atoms with van der Waals surface area (Å²) in [6, 6.07) is 0.401. The second-order valence-electron chi connectivity index (χ2n) is 5.26. The molecule has 1 N–H and O–H groups in total. The van der Waals surface area contributed by atoms with Crippen molar-refractivity contribution in [1.29, 1.82) is 0 Å². The van der Waals surface area contributed by atoms with Crippen LogP contribution in [-0.2, 0) is 0 Å². The van der Waals surface area contributed by atoms with Gasteiger partial charge in [-0.15, -0.1) is 0 Å². The van der Waals surface area contributed by atoms with Crippen LogP contribution >= 0.6 is 0 Å². The average molecular weight is 185 g/mol. The third kappa shape index (κ3) is 2.44. The number of nitrogens with zero attached hydrogens (tertiary/aromatic N) is 1. The van der Waals surface area contributed by atoms with E-state index in [2.05, 4.69) is 32.6 Å². The van der Waals surface area contributed by atoms with Gasteiger partial charge in [0.2, 0.25) is 0 Å². The molecule has 0 saturated carbocycles. The molecule has 1 aliphatic heterocycles. The summed E-state index contributed by atoms with van der Waals surface area (Å²) in [6.45, 7) is 11.7. The predicted octanol–water partition coefficient (Wildman–Crippen LogP) is 1.74. The highest BCUT2D eigenvalue weighted by molar-refractivity contribution is 4.90. The summed E-state index contributed by atoms with van der Waals surface area (Å²) in [7, 11) is 0. The van der Waals surface area contributed by atoms with Crippen LogP contribution in [0.1, 0.15) is 34.1 Å². The fourth-order valence-corrected chi connectivity index (χ4v) is 1.86. The van der Waals surface area contributed by atoms with Crippen LogP contribution in [0.2, 0.25) is 0 Å². The molecular weight excluding hydrogens is 162 g/mol. The van der Waals surface area contributed by atoms with Crippen LogP contribution in [0.25, 0.3) is 0 Å². The average Bonchev–Trinajstić information content (AvgIpc) is 1.92. The van der Waals surface area contributed by atoms with Crippen molar-refractivity contribution in [3.63, 3.8) is 0 Å². The van der Waals surface area contributed by atoms with Crippen LogP contribution in [0.15, 0.2) is 0 Å². The molecule has 2 nitrogen and oxygen atoms in total. The summed E-state index contributed by atoms with van der Waals surface area (Å²) in [4.78, 5) is 2.40. The molecule has 1 atom stereocenters. The van der Waals surface area contributed by atoms with E-state index in [-0.39, 0.29) is 0 Å². The number of hydrogen-bond acceptors (Lipinski definition) is 2. The molecule has 78 valence electrons. The Balaban J connectivity index is 2.32. The van der Waals surface area contributed by atoms with Crippen LogP contribution in [0.5, 0.6) is 0 Å². The second kappa shape index (κ2) is 3.97. The minimum absolute atomic E-state index is 0.313. The molecule has 1 rings (SSSR count). The molecule has 0 unspecified atom stereocenters. The highest BCUT2D eigenvalue weighted by Crippen LogP contribution is 2.34. The molecule has 0 aliphatic carbocycles. The zero-order chi connectivity index (χ0) is 10.1. The first-order chi connectivity index (χ1) is 5.99. The monoisotopic (exact) mass is 185 g/mol. The van der Waals surface area contributed by atoms with E-state index in [1.54, 1.807) is 0 Å². The van der Waals surface area contributed by atoms with Crippen molar-refractivity contribution in [2.45, 2.75) is 40.2 Å². The van der Waals surface area contributed by atoms with Crippen molar-refractivity contribution >= 4 is 0 Å². The van der Waals surface area contributed by atoms with Crippen LogP contribution in [-0.4, -0.2) is 35.7 Å². The lowest BCUT2D eigenvalue weighted by molar-refractivity contribution is -0.0243. The summed E-state index contributed by atoms with van der Waals surface area (Å²) in [5, 5.41) is 9.11. The lowest BCUT2D eigenvalue weighted by Crippen LogP contribution is -2.56. The van der Waals surface area contributed by atoms with Crippen molar-refractivity contribution < 1.29 is 5.11 Å². The first kappa shape index (κ1) is 11.0. The molecule has 2 heteroatoms. The van der Waals surface area contributed by atoms with Gasteiger partial charge in [0, 0.05) is 19.1 Å². The van der Waals surface area contributed by atoms with Crippen LogP contribution in [0.3, 0.4) is 0 Å². The number of hydrogen-bond donors (Lipinski definition) is 1. The van der Waals surface area contributed by atoms with Gasteiger partial charge in [-0.25, -0.2) is 0 Å². The predicted molar refractivity (Wildman–Crippen MR) is 55.7 cm³/mol. The number of aliphatic hydroxyl groups is 1. The molecule has 1 saturated heterocycles. The van der Waals surface area contributed by atoms with Crippen LogP contribution < -0.4 is 0 Å². The van der Waals surface area contributed by atoms with Crippen molar-refractivity contribution in [3.8, 4) is 0 Å². The van der Waals surface area contributed by atoms with Crippen molar-refractivity contribution in [2.75, 3.05) is 19.7 Å². The Hall–Kier alpha value is -0.0800. The number of rotatable bonds is 3. The Morgan fingerprint density at radius 3 is 2.23 bits per heavy atom. The molecule has 13 heavy (non-hydrogen) atoms. The van der Waals surface area contributed by atoms with Gasteiger partial charge in [0.25, 0.3) is 0 Å². The van der Waals surface area contributed by atoms with Crippen molar-refractivity contribution in [3.05, 3.63) is 0 Å². The fraction of sp³-hybridized carbons (Fsp3) is 1.00. The van der Waals surface area contributed by atoms with Crippen LogP contribution in [0, 0.1) is 11.3 Å². The van der Waals surface area contributed by atoms with E-state index in [1.165, 1.54) is 13.1 Å². The van der Waals surface area contributed by atoms with E-state index in [1.807, 2.05) is 0 Å². The minimum atomic E-state index is 0.313. The largest absolute Gasteiger partial charge is 0.395 e. The van der Waals surface area contributed by atoms with Gasteiger partial charge in [-0.1, -0.05) is 27.7 Å². The molecule has 0 aromatic carbocycles. The van der Waals surface area contributed by atoms with Gasteiger partial charge in [-0.05, 0) is 17.8 Å². The summed E-state index contributed by atoms with van der Waals surface area (Å²) >= 11 is 0. The Labute approximate surface area is 81.9 Å². The van der Waals surface area contributed by atoms with E-state index in [0.29, 0.717) is 18.1 Å². The molecule has 0 bridgehead atoms. The molecule has 0 aromatic heterocycles. The third-order valence-corrected chi connectivity index (χ3v) is 3.33. The standard InChI is InChI=1S/C11H23NO/c1-5-10(8-13)12-6-9(7-12)11(2,3)4/h9-10,13H,5-8H2,1-4H3/t10-/m1/s1. The molecule has 0 amide bonds. The van der Waals surface area contributed by atoms with Crippen molar-refractivity contribution in [1.82, 2.24) is 4.90 Å². The van der Waals surface area contributed by atoms with Gasteiger partial charge in [-0.2, -0.15) is 0 Å². The summed E-state index contributed by atoms with van der Waals surface area (Å²) in [5.41, 5.74) is 0.435. The minimum Gasteiger partial charge on any atom is -0.395 e. The summed E-state index contributed by atoms with van der Waals surface area (Å²) in [6.07, 6.45) is 1.06. The molecule has 0 aromatic rings. The summed E-state index contributed by atoms with van der Waals surface area (Å²) in [5.74, 6) is 0.813. The van der Waals surface area contributed by atoms with E-state index in [4.69, 9.17) is 5.11 Å². The quantitative estimate of drug-likeness (QED) is 0.724. The maximum Gasteiger partial charge on any atom is 0.0586 e. The Morgan fingerprint density at radius 1 is 1.38 bits per heavy atom.